The standard InChI is InChI=1S/C10H10N4O/c11-10(15)6-2-4-8-3-1-5-9(7-8)13-14-12/h1-5,7H,6H2,(H2,11,15). The highest BCUT2D eigenvalue weighted by Crippen LogP contribution is 2.15. The molecular weight excluding hydrogens is 192 g/mol. The van der Waals surface area contributed by atoms with Gasteiger partial charge < -0.3 is 5.73 Å². The largest absolute Gasteiger partial charge is 0.369 e. The van der Waals surface area contributed by atoms with Crippen molar-refractivity contribution in [1.29, 1.82) is 0 Å². The molecule has 0 radical (unpaired) electrons. The van der Waals surface area contributed by atoms with Crippen LogP contribution in [-0.2, 0) is 4.79 Å². The third kappa shape index (κ3) is 3.97. The minimum Gasteiger partial charge on any atom is -0.369 e. The van der Waals surface area contributed by atoms with Crippen LogP contribution in [0.5, 0.6) is 0 Å². The van der Waals surface area contributed by atoms with Crippen molar-refractivity contribution in [2.24, 2.45) is 10.8 Å². The number of carbonyl (C=O) groups is 1. The fourth-order valence-corrected chi connectivity index (χ4v) is 1.05. The van der Waals surface area contributed by atoms with Gasteiger partial charge in [-0.15, -0.1) is 0 Å². The second kappa shape index (κ2) is 5.47. The van der Waals surface area contributed by atoms with Crippen LogP contribution >= 0.6 is 0 Å². The summed E-state index contributed by atoms with van der Waals surface area (Å²) in [6.45, 7) is 0. The van der Waals surface area contributed by atoms with Gasteiger partial charge in [0.25, 0.3) is 0 Å². The van der Waals surface area contributed by atoms with Gasteiger partial charge in [-0.2, -0.15) is 0 Å². The van der Waals surface area contributed by atoms with Crippen LogP contribution in [-0.4, -0.2) is 5.91 Å². The van der Waals surface area contributed by atoms with E-state index >= 15 is 0 Å². The smallest absolute Gasteiger partial charge is 0.221 e. The third-order valence-corrected chi connectivity index (χ3v) is 1.66. The molecule has 0 fully saturated rings. The van der Waals surface area contributed by atoms with E-state index in [1.54, 1.807) is 30.4 Å². The Morgan fingerprint density at radius 3 is 3.07 bits per heavy atom. The van der Waals surface area contributed by atoms with Crippen molar-refractivity contribution in [2.75, 3.05) is 0 Å². The SMILES string of the molecule is [N-]=[N+]=Nc1cccc(C=CCC(N)=O)c1. The highest BCUT2D eigenvalue weighted by Gasteiger charge is 1.91. The first kappa shape index (κ1) is 10.8. The minimum atomic E-state index is -0.377. The lowest BCUT2D eigenvalue weighted by molar-refractivity contribution is -0.117. The Bertz CT molecular complexity index is 433. The molecule has 0 aliphatic heterocycles. The van der Waals surface area contributed by atoms with Crippen molar-refractivity contribution >= 4 is 17.7 Å². The summed E-state index contributed by atoms with van der Waals surface area (Å²) in [4.78, 5) is 13.1. The topological polar surface area (TPSA) is 91.8 Å². The van der Waals surface area contributed by atoms with E-state index in [2.05, 4.69) is 10.0 Å². The summed E-state index contributed by atoms with van der Waals surface area (Å²) >= 11 is 0. The molecule has 0 saturated heterocycles. The molecule has 0 atom stereocenters. The van der Waals surface area contributed by atoms with Gasteiger partial charge in [-0.05, 0) is 17.2 Å². The van der Waals surface area contributed by atoms with Crippen molar-refractivity contribution in [1.82, 2.24) is 0 Å². The second-order valence-corrected chi connectivity index (χ2v) is 2.86. The predicted octanol–water partition coefficient (Wildman–Crippen LogP) is 2.52. The highest BCUT2D eigenvalue weighted by molar-refractivity contribution is 5.76. The van der Waals surface area contributed by atoms with E-state index in [-0.39, 0.29) is 12.3 Å². The number of carbonyl (C=O) groups excluding carboxylic acids is 1. The summed E-state index contributed by atoms with van der Waals surface area (Å²) < 4.78 is 0. The van der Waals surface area contributed by atoms with Gasteiger partial charge in [-0.3, -0.25) is 4.79 Å². The van der Waals surface area contributed by atoms with Gasteiger partial charge >= 0.3 is 0 Å². The van der Waals surface area contributed by atoms with E-state index in [0.29, 0.717) is 5.69 Å². The molecule has 0 aliphatic rings. The zero-order chi connectivity index (χ0) is 11.1. The van der Waals surface area contributed by atoms with Crippen LogP contribution in [0.4, 0.5) is 5.69 Å². The van der Waals surface area contributed by atoms with E-state index in [1.165, 1.54) is 0 Å². The summed E-state index contributed by atoms with van der Waals surface area (Å²) in [6, 6.07) is 7.03. The van der Waals surface area contributed by atoms with Crippen LogP contribution in [0, 0.1) is 0 Å². The Balaban J connectivity index is 2.77. The molecular formula is C10H10N4O. The van der Waals surface area contributed by atoms with Crippen molar-refractivity contribution < 1.29 is 4.79 Å². The summed E-state index contributed by atoms with van der Waals surface area (Å²) in [7, 11) is 0. The van der Waals surface area contributed by atoms with Crippen LogP contribution < -0.4 is 5.73 Å². The summed E-state index contributed by atoms with van der Waals surface area (Å²) in [5.41, 5.74) is 14.6. The normalized spacial score (nSPS) is 9.87. The average molecular weight is 202 g/mol. The van der Waals surface area contributed by atoms with Crippen LogP contribution in [0.25, 0.3) is 16.5 Å². The summed E-state index contributed by atoms with van der Waals surface area (Å²) in [6.07, 6.45) is 3.62. The molecule has 76 valence electrons. The predicted molar refractivity (Wildman–Crippen MR) is 58.1 cm³/mol. The number of primary amides is 1. The van der Waals surface area contributed by atoms with Gasteiger partial charge in [0.1, 0.15) is 0 Å². The lowest BCUT2D eigenvalue weighted by Gasteiger charge is -1.94. The van der Waals surface area contributed by atoms with Crippen LogP contribution in [0.15, 0.2) is 35.5 Å². The molecule has 0 aliphatic carbocycles. The maximum absolute atomic E-state index is 10.5. The van der Waals surface area contributed by atoms with Crippen LogP contribution in [0.3, 0.4) is 0 Å². The Morgan fingerprint density at radius 2 is 2.40 bits per heavy atom. The quantitative estimate of drug-likeness (QED) is 0.453. The van der Waals surface area contributed by atoms with Crippen molar-refractivity contribution in [3.8, 4) is 0 Å². The van der Waals surface area contributed by atoms with Gasteiger partial charge in [-0.25, -0.2) is 0 Å². The molecule has 0 spiro atoms. The summed E-state index contributed by atoms with van der Waals surface area (Å²) in [5, 5.41) is 3.47. The van der Waals surface area contributed by atoms with E-state index < -0.39 is 0 Å². The molecule has 1 aromatic rings. The molecule has 5 nitrogen and oxygen atoms in total. The van der Waals surface area contributed by atoms with Gasteiger partial charge in [-0.1, -0.05) is 35.5 Å². The lowest BCUT2D eigenvalue weighted by atomic mass is 10.2. The Labute approximate surface area is 86.8 Å². The van der Waals surface area contributed by atoms with Gasteiger partial charge in [0.15, 0.2) is 0 Å². The van der Waals surface area contributed by atoms with E-state index in [0.717, 1.165) is 5.56 Å². The molecule has 1 rings (SSSR count). The fraction of sp³-hybridized carbons (Fsp3) is 0.100. The monoisotopic (exact) mass is 202 g/mol. The van der Waals surface area contributed by atoms with E-state index in [1.807, 2.05) is 6.07 Å². The first-order valence-corrected chi connectivity index (χ1v) is 4.32. The third-order valence-electron chi connectivity index (χ3n) is 1.66. The van der Waals surface area contributed by atoms with Gasteiger partial charge in [0, 0.05) is 17.0 Å². The van der Waals surface area contributed by atoms with E-state index in [4.69, 9.17) is 11.3 Å². The zero-order valence-corrected chi connectivity index (χ0v) is 8.00. The molecule has 0 bridgehead atoms. The first-order valence-electron chi connectivity index (χ1n) is 4.32. The molecule has 2 N–H and O–H groups in total. The van der Waals surface area contributed by atoms with Crippen molar-refractivity contribution in [2.45, 2.75) is 6.42 Å². The molecule has 1 aromatic carbocycles. The number of rotatable bonds is 4. The van der Waals surface area contributed by atoms with E-state index in [9.17, 15) is 4.79 Å². The average Bonchev–Trinajstić information content (AvgIpc) is 2.18. The number of azide groups is 1. The Morgan fingerprint density at radius 1 is 1.60 bits per heavy atom. The maximum Gasteiger partial charge on any atom is 0.221 e. The fourth-order valence-electron chi connectivity index (χ4n) is 1.05. The number of hydrogen-bond donors (Lipinski definition) is 1. The molecule has 5 heteroatoms. The minimum absolute atomic E-state index is 0.200. The molecule has 0 saturated carbocycles. The molecule has 15 heavy (non-hydrogen) atoms. The molecule has 0 unspecified atom stereocenters. The number of nitrogens with two attached hydrogens (primary N) is 1. The van der Waals surface area contributed by atoms with Gasteiger partial charge in [0.2, 0.25) is 5.91 Å². The Kier molecular flexibility index (Phi) is 3.94. The zero-order valence-electron chi connectivity index (χ0n) is 8.00. The van der Waals surface area contributed by atoms with Crippen LogP contribution in [0.2, 0.25) is 0 Å². The van der Waals surface area contributed by atoms with Crippen molar-refractivity contribution in [3.05, 3.63) is 46.3 Å². The lowest BCUT2D eigenvalue weighted by Crippen LogP contribution is -2.07. The number of hydrogen-bond acceptors (Lipinski definition) is 2. The summed E-state index contributed by atoms with van der Waals surface area (Å²) in [5.74, 6) is -0.377. The molecule has 1 amide bonds. The number of benzene rings is 1. The molecule has 0 aromatic heterocycles. The second-order valence-electron chi connectivity index (χ2n) is 2.86. The number of nitrogens with zero attached hydrogens (tertiary/aromatic N) is 3. The number of amides is 1. The highest BCUT2D eigenvalue weighted by atomic mass is 16.1. The van der Waals surface area contributed by atoms with Gasteiger partial charge in [0.05, 0.1) is 0 Å². The first-order chi connectivity index (χ1) is 7.22. The van der Waals surface area contributed by atoms with Crippen molar-refractivity contribution in [3.63, 3.8) is 0 Å². The Hall–Kier alpha value is -2.26. The molecule has 0 heterocycles. The van der Waals surface area contributed by atoms with Crippen LogP contribution in [0.1, 0.15) is 12.0 Å². The maximum atomic E-state index is 10.5.